The predicted molar refractivity (Wildman–Crippen MR) is 56.9 cm³/mol. The molecule has 72 valence electrons. The van der Waals surface area contributed by atoms with Gasteiger partial charge in [-0.15, -0.1) is 0 Å². The molecular formula is C12H12O2. The van der Waals surface area contributed by atoms with Crippen LogP contribution < -0.4 is 0 Å². The van der Waals surface area contributed by atoms with Crippen molar-refractivity contribution in [3.63, 3.8) is 0 Å². The van der Waals surface area contributed by atoms with E-state index in [1.807, 2.05) is 30.3 Å². The van der Waals surface area contributed by atoms with Gasteiger partial charge in [0.15, 0.2) is 0 Å². The van der Waals surface area contributed by atoms with Gasteiger partial charge in [0.1, 0.15) is 0 Å². The van der Waals surface area contributed by atoms with E-state index in [4.69, 9.17) is 5.11 Å². The molecule has 2 nitrogen and oxygen atoms in total. The summed E-state index contributed by atoms with van der Waals surface area (Å²) in [5.74, 6) is -0.943. The van der Waals surface area contributed by atoms with Crippen molar-refractivity contribution in [1.82, 2.24) is 0 Å². The van der Waals surface area contributed by atoms with Crippen LogP contribution in [0.2, 0.25) is 0 Å². The Morgan fingerprint density at radius 2 is 1.93 bits per heavy atom. The second-order valence-corrected chi connectivity index (χ2v) is 2.91. The van der Waals surface area contributed by atoms with Gasteiger partial charge in [0.2, 0.25) is 0 Å². The van der Waals surface area contributed by atoms with Crippen LogP contribution >= 0.6 is 0 Å². The van der Waals surface area contributed by atoms with E-state index in [2.05, 4.69) is 6.58 Å². The van der Waals surface area contributed by atoms with Gasteiger partial charge in [-0.3, -0.25) is 0 Å². The van der Waals surface area contributed by atoms with Crippen molar-refractivity contribution in [1.29, 1.82) is 0 Å². The molecule has 0 bridgehead atoms. The molecule has 0 spiro atoms. The standard InChI is InChI=1S/C12H12O2/c1-3-11(12(13)14)9(2)10-7-5-4-6-8-10/h3-8H,1H2,2H3,(H,13,14). The van der Waals surface area contributed by atoms with Crippen LogP contribution in [0.3, 0.4) is 0 Å². The third-order valence-electron chi connectivity index (χ3n) is 2.05. The predicted octanol–water partition coefficient (Wildman–Crippen LogP) is 2.73. The molecule has 0 aliphatic heterocycles. The highest BCUT2D eigenvalue weighted by Crippen LogP contribution is 2.18. The van der Waals surface area contributed by atoms with Gasteiger partial charge in [0, 0.05) is 0 Å². The molecule has 0 atom stereocenters. The zero-order valence-corrected chi connectivity index (χ0v) is 8.03. The minimum Gasteiger partial charge on any atom is -0.478 e. The van der Waals surface area contributed by atoms with Crippen LogP contribution in [0.5, 0.6) is 0 Å². The van der Waals surface area contributed by atoms with Gasteiger partial charge in [0.25, 0.3) is 0 Å². The van der Waals surface area contributed by atoms with Crippen LogP contribution in [-0.2, 0) is 4.79 Å². The molecule has 1 rings (SSSR count). The summed E-state index contributed by atoms with van der Waals surface area (Å²) in [6.07, 6.45) is 1.37. The molecule has 0 saturated heterocycles. The van der Waals surface area contributed by atoms with E-state index in [1.54, 1.807) is 6.92 Å². The number of aliphatic carboxylic acids is 1. The van der Waals surface area contributed by atoms with Gasteiger partial charge >= 0.3 is 5.97 Å². The van der Waals surface area contributed by atoms with Crippen molar-refractivity contribution in [2.75, 3.05) is 0 Å². The van der Waals surface area contributed by atoms with Crippen molar-refractivity contribution in [2.45, 2.75) is 6.92 Å². The van der Waals surface area contributed by atoms with Crippen molar-refractivity contribution in [2.24, 2.45) is 0 Å². The summed E-state index contributed by atoms with van der Waals surface area (Å²) in [5, 5.41) is 8.88. The maximum Gasteiger partial charge on any atom is 0.335 e. The number of allylic oxidation sites excluding steroid dienone is 1. The summed E-state index contributed by atoms with van der Waals surface area (Å²) in [4.78, 5) is 10.8. The summed E-state index contributed by atoms with van der Waals surface area (Å²) in [6, 6.07) is 9.40. The highest BCUT2D eigenvalue weighted by molar-refractivity contribution is 5.98. The molecule has 1 aromatic carbocycles. The van der Waals surface area contributed by atoms with Gasteiger partial charge in [-0.05, 0) is 18.1 Å². The van der Waals surface area contributed by atoms with Crippen LogP contribution in [0.25, 0.3) is 5.57 Å². The average molecular weight is 188 g/mol. The Balaban J connectivity index is 3.21. The number of rotatable bonds is 3. The molecule has 1 aromatic rings. The van der Waals surface area contributed by atoms with Gasteiger partial charge in [0.05, 0.1) is 5.57 Å². The third-order valence-corrected chi connectivity index (χ3v) is 2.05. The fourth-order valence-electron chi connectivity index (χ4n) is 1.24. The number of carbonyl (C=O) groups is 1. The fourth-order valence-corrected chi connectivity index (χ4v) is 1.24. The minimum atomic E-state index is -0.943. The zero-order valence-electron chi connectivity index (χ0n) is 8.03. The molecule has 0 unspecified atom stereocenters. The van der Waals surface area contributed by atoms with Crippen LogP contribution in [0.1, 0.15) is 12.5 Å². The first kappa shape index (κ1) is 10.3. The smallest absolute Gasteiger partial charge is 0.335 e. The first-order valence-electron chi connectivity index (χ1n) is 4.29. The van der Waals surface area contributed by atoms with E-state index >= 15 is 0 Å². The summed E-state index contributed by atoms with van der Waals surface area (Å²) in [7, 11) is 0. The molecule has 1 N–H and O–H groups in total. The van der Waals surface area contributed by atoms with Gasteiger partial charge in [-0.2, -0.15) is 0 Å². The second kappa shape index (κ2) is 4.42. The summed E-state index contributed by atoms with van der Waals surface area (Å²) in [5.41, 5.74) is 1.88. The van der Waals surface area contributed by atoms with E-state index in [0.29, 0.717) is 0 Å². The Morgan fingerprint density at radius 3 is 2.36 bits per heavy atom. The van der Waals surface area contributed by atoms with Crippen molar-refractivity contribution in [3.05, 3.63) is 54.1 Å². The minimum absolute atomic E-state index is 0.246. The van der Waals surface area contributed by atoms with E-state index in [0.717, 1.165) is 11.1 Å². The Hall–Kier alpha value is -1.83. The number of benzene rings is 1. The molecule has 0 fully saturated rings. The Morgan fingerprint density at radius 1 is 1.36 bits per heavy atom. The molecule has 0 radical (unpaired) electrons. The highest BCUT2D eigenvalue weighted by atomic mass is 16.4. The third kappa shape index (κ3) is 2.10. The van der Waals surface area contributed by atoms with Gasteiger partial charge in [-0.1, -0.05) is 43.0 Å². The van der Waals surface area contributed by atoms with Crippen molar-refractivity contribution >= 4 is 11.5 Å². The maximum absolute atomic E-state index is 10.8. The first-order chi connectivity index (χ1) is 6.66. The second-order valence-electron chi connectivity index (χ2n) is 2.91. The number of carboxylic acid groups (broad SMARTS) is 1. The molecule has 0 aromatic heterocycles. The average Bonchev–Trinajstić information content (AvgIpc) is 2.19. The van der Waals surface area contributed by atoms with E-state index in [9.17, 15) is 4.79 Å². The van der Waals surface area contributed by atoms with Gasteiger partial charge in [-0.25, -0.2) is 4.79 Å². The molecular weight excluding hydrogens is 176 g/mol. The Labute approximate surface area is 83.2 Å². The number of carboxylic acids is 1. The molecule has 2 heteroatoms. The lowest BCUT2D eigenvalue weighted by molar-refractivity contribution is -0.132. The lowest BCUT2D eigenvalue weighted by Gasteiger charge is -2.04. The van der Waals surface area contributed by atoms with Crippen LogP contribution in [-0.4, -0.2) is 11.1 Å². The topological polar surface area (TPSA) is 37.3 Å². The molecule has 0 saturated carbocycles. The monoisotopic (exact) mass is 188 g/mol. The fraction of sp³-hybridized carbons (Fsp3) is 0.0833. The molecule has 0 aliphatic rings. The van der Waals surface area contributed by atoms with Gasteiger partial charge < -0.3 is 5.11 Å². The number of hydrogen-bond acceptors (Lipinski definition) is 1. The normalized spacial score (nSPS) is 11.8. The van der Waals surface area contributed by atoms with E-state index in [-0.39, 0.29) is 5.57 Å². The molecule has 0 aliphatic carbocycles. The van der Waals surface area contributed by atoms with Crippen LogP contribution in [0, 0.1) is 0 Å². The Bertz CT molecular complexity index is 375. The maximum atomic E-state index is 10.8. The Kier molecular flexibility index (Phi) is 3.24. The molecule has 0 heterocycles. The van der Waals surface area contributed by atoms with Crippen molar-refractivity contribution in [3.8, 4) is 0 Å². The van der Waals surface area contributed by atoms with Crippen LogP contribution in [0.15, 0.2) is 48.6 Å². The first-order valence-corrected chi connectivity index (χ1v) is 4.29. The summed E-state index contributed by atoms with van der Waals surface area (Å²) < 4.78 is 0. The molecule has 14 heavy (non-hydrogen) atoms. The van der Waals surface area contributed by atoms with Crippen molar-refractivity contribution < 1.29 is 9.90 Å². The lowest BCUT2D eigenvalue weighted by atomic mass is 10.0. The van der Waals surface area contributed by atoms with E-state index in [1.165, 1.54) is 6.08 Å². The SMILES string of the molecule is C=CC(C(=O)O)=C(C)c1ccccc1. The molecule has 0 amide bonds. The largest absolute Gasteiger partial charge is 0.478 e. The van der Waals surface area contributed by atoms with Crippen LogP contribution in [0.4, 0.5) is 0 Å². The van der Waals surface area contributed by atoms with E-state index < -0.39 is 5.97 Å². The summed E-state index contributed by atoms with van der Waals surface area (Å²) >= 11 is 0. The number of hydrogen-bond donors (Lipinski definition) is 1. The highest BCUT2D eigenvalue weighted by Gasteiger charge is 2.07. The summed E-state index contributed by atoms with van der Waals surface area (Å²) in [6.45, 7) is 5.27. The zero-order chi connectivity index (χ0) is 10.6. The quantitative estimate of drug-likeness (QED) is 0.585. The lowest BCUT2D eigenvalue weighted by Crippen LogP contribution is -2.00.